The molecule has 1 heterocycles. The summed E-state index contributed by atoms with van der Waals surface area (Å²) < 4.78 is 0. The first-order valence-electron chi connectivity index (χ1n) is 9.06. The average molecular weight is 324 g/mol. The third-order valence-electron chi connectivity index (χ3n) is 5.28. The fraction of sp³-hybridized carbons (Fsp3) is 0.500. The Morgan fingerprint density at radius 1 is 1.21 bits per heavy atom. The number of nitrogens with one attached hydrogen (secondary N) is 1. The fourth-order valence-electron chi connectivity index (χ4n) is 3.75. The maximum Gasteiger partial charge on any atom is 0.252 e. The number of fused-ring (bicyclic) bond motifs is 1. The molecule has 4 heteroatoms. The Bertz CT molecular complexity index is 754. The number of carbonyl (C=O) groups excluding carboxylic acids is 1. The van der Waals surface area contributed by atoms with Gasteiger partial charge in [0.25, 0.3) is 5.91 Å². The molecule has 2 fully saturated rings. The van der Waals surface area contributed by atoms with Gasteiger partial charge in [-0.2, -0.15) is 0 Å². The number of pyridine rings is 1. The number of aromatic nitrogens is 1. The van der Waals surface area contributed by atoms with Gasteiger partial charge in [0.1, 0.15) is 0 Å². The largest absolute Gasteiger partial charge is 0.393 e. The van der Waals surface area contributed by atoms with Gasteiger partial charge in [-0.1, -0.05) is 24.6 Å². The van der Waals surface area contributed by atoms with Gasteiger partial charge in [0.15, 0.2) is 0 Å². The van der Waals surface area contributed by atoms with Crippen LogP contribution in [0.1, 0.15) is 60.5 Å². The summed E-state index contributed by atoms with van der Waals surface area (Å²) in [5.41, 5.74) is 2.69. The van der Waals surface area contributed by atoms with Gasteiger partial charge in [0.2, 0.25) is 0 Å². The predicted octanol–water partition coefficient (Wildman–Crippen LogP) is 3.39. The second-order valence-corrected chi connectivity index (χ2v) is 7.28. The molecule has 0 aliphatic heterocycles. The van der Waals surface area contributed by atoms with E-state index >= 15 is 0 Å². The van der Waals surface area contributed by atoms with Crippen molar-refractivity contribution in [2.24, 2.45) is 5.92 Å². The lowest BCUT2D eigenvalue weighted by atomic mass is 9.87. The Morgan fingerprint density at radius 2 is 2.04 bits per heavy atom. The van der Waals surface area contributed by atoms with Crippen molar-refractivity contribution in [2.75, 3.05) is 6.54 Å². The second kappa shape index (κ2) is 6.52. The van der Waals surface area contributed by atoms with Gasteiger partial charge in [-0.3, -0.25) is 9.78 Å². The molecule has 0 saturated heterocycles. The van der Waals surface area contributed by atoms with Gasteiger partial charge in [-0.15, -0.1) is 0 Å². The summed E-state index contributed by atoms with van der Waals surface area (Å²) in [6.45, 7) is 0.644. The highest BCUT2D eigenvalue weighted by Gasteiger charge is 2.27. The van der Waals surface area contributed by atoms with Crippen LogP contribution in [0.25, 0.3) is 10.9 Å². The van der Waals surface area contributed by atoms with Crippen LogP contribution in [-0.2, 0) is 0 Å². The molecule has 0 radical (unpaired) electrons. The zero-order chi connectivity index (χ0) is 16.5. The maximum absolute atomic E-state index is 12.8. The van der Waals surface area contributed by atoms with Crippen molar-refractivity contribution in [1.29, 1.82) is 0 Å². The summed E-state index contributed by atoms with van der Waals surface area (Å²) in [5.74, 6) is 0.888. The summed E-state index contributed by atoms with van der Waals surface area (Å²) in [6.07, 6.45) is 5.96. The normalized spacial score (nSPS) is 24.0. The number of benzene rings is 1. The molecule has 2 saturated carbocycles. The SMILES string of the molecule is O=C(NCC1CCCC(O)C1)c1cc(C2CC2)nc2ccccc12. The van der Waals surface area contributed by atoms with E-state index in [1.807, 2.05) is 30.3 Å². The van der Waals surface area contributed by atoms with E-state index in [-0.39, 0.29) is 12.0 Å². The molecule has 0 bridgehead atoms. The average Bonchev–Trinajstić information content (AvgIpc) is 3.44. The topological polar surface area (TPSA) is 62.2 Å². The maximum atomic E-state index is 12.8. The zero-order valence-electron chi connectivity index (χ0n) is 13.9. The monoisotopic (exact) mass is 324 g/mol. The van der Waals surface area contributed by atoms with Gasteiger partial charge in [-0.05, 0) is 50.2 Å². The van der Waals surface area contributed by atoms with Crippen molar-refractivity contribution >= 4 is 16.8 Å². The highest BCUT2D eigenvalue weighted by Crippen LogP contribution is 2.40. The number of carbonyl (C=O) groups is 1. The van der Waals surface area contributed by atoms with Crippen LogP contribution < -0.4 is 5.32 Å². The number of aliphatic hydroxyl groups excluding tert-OH is 1. The van der Waals surface area contributed by atoms with Crippen LogP contribution in [-0.4, -0.2) is 28.6 Å². The van der Waals surface area contributed by atoms with E-state index in [0.29, 0.717) is 18.4 Å². The minimum atomic E-state index is -0.205. The minimum Gasteiger partial charge on any atom is -0.393 e. The van der Waals surface area contributed by atoms with E-state index in [0.717, 1.165) is 47.8 Å². The van der Waals surface area contributed by atoms with Gasteiger partial charge in [0, 0.05) is 23.5 Å². The van der Waals surface area contributed by atoms with Crippen LogP contribution in [0.5, 0.6) is 0 Å². The highest BCUT2D eigenvalue weighted by atomic mass is 16.3. The molecule has 0 spiro atoms. The number of para-hydroxylation sites is 1. The van der Waals surface area contributed by atoms with E-state index < -0.39 is 0 Å². The summed E-state index contributed by atoms with van der Waals surface area (Å²) in [4.78, 5) is 17.5. The molecule has 4 nitrogen and oxygen atoms in total. The van der Waals surface area contributed by atoms with Crippen LogP contribution in [0.4, 0.5) is 0 Å². The quantitative estimate of drug-likeness (QED) is 0.906. The summed E-state index contributed by atoms with van der Waals surface area (Å²) in [7, 11) is 0. The van der Waals surface area contributed by atoms with Crippen molar-refractivity contribution < 1.29 is 9.90 Å². The molecule has 1 amide bonds. The molecule has 4 rings (SSSR count). The molecular formula is C20H24N2O2. The second-order valence-electron chi connectivity index (χ2n) is 7.28. The van der Waals surface area contributed by atoms with Gasteiger partial charge in [-0.25, -0.2) is 0 Å². The summed E-state index contributed by atoms with van der Waals surface area (Å²) >= 11 is 0. The molecule has 1 aromatic carbocycles. The number of amides is 1. The lowest BCUT2D eigenvalue weighted by Gasteiger charge is -2.26. The van der Waals surface area contributed by atoms with Gasteiger partial charge >= 0.3 is 0 Å². The Balaban J connectivity index is 1.54. The Kier molecular flexibility index (Phi) is 4.23. The number of rotatable bonds is 4. The number of aliphatic hydroxyl groups is 1. The van der Waals surface area contributed by atoms with Crippen molar-refractivity contribution in [3.63, 3.8) is 0 Å². The van der Waals surface area contributed by atoms with Crippen molar-refractivity contribution in [3.05, 3.63) is 41.6 Å². The molecular weight excluding hydrogens is 300 g/mol. The molecule has 1 aromatic heterocycles. The molecule has 2 aliphatic carbocycles. The third kappa shape index (κ3) is 3.29. The van der Waals surface area contributed by atoms with Gasteiger partial charge < -0.3 is 10.4 Å². The lowest BCUT2D eigenvalue weighted by molar-refractivity contribution is 0.0875. The van der Waals surface area contributed by atoms with Gasteiger partial charge in [0.05, 0.1) is 17.2 Å². The van der Waals surface area contributed by atoms with E-state index in [1.165, 1.54) is 12.8 Å². The lowest BCUT2D eigenvalue weighted by Crippen LogP contribution is -2.33. The van der Waals surface area contributed by atoms with E-state index in [4.69, 9.17) is 4.98 Å². The van der Waals surface area contributed by atoms with E-state index in [9.17, 15) is 9.90 Å². The van der Waals surface area contributed by atoms with Crippen LogP contribution in [0.3, 0.4) is 0 Å². The highest BCUT2D eigenvalue weighted by molar-refractivity contribution is 6.06. The zero-order valence-corrected chi connectivity index (χ0v) is 13.9. The standard InChI is InChI=1S/C20H24N2O2/c23-15-5-3-4-13(10-15)12-21-20(24)17-11-19(14-8-9-14)22-18-7-2-1-6-16(17)18/h1-2,6-7,11,13-15,23H,3-5,8-10,12H2,(H,21,24). The van der Waals surface area contributed by atoms with Crippen molar-refractivity contribution in [3.8, 4) is 0 Å². The molecule has 2 aliphatic rings. The molecule has 126 valence electrons. The van der Waals surface area contributed by atoms with Crippen LogP contribution in [0.2, 0.25) is 0 Å². The van der Waals surface area contributed by atoms with Crippen LogP contribution in [0.15, 0.2) is 30.3 Å². The van der Waals surface area contributed by atoms with Crippen molar-refractivity contribution in [2.45, 2.75) is 50.5 Å². The summed E-state index contributed by atoms with van der Waals surface area (Å²) in [6, 6.07) is 9.85. The smallest absolute Gasteiger partial charge is 0.252 e. The third-order valence-corrected chi connectivity index (χ3v) is 5.28. The summed E-state index contributed by atoms with van der Waals surface area (Å²) in [5, 5.41) is 13.8. The fourth-order valence-corrected chi connectivity index (χ4v) is 3.75. The molecule has 2 atom stereocenters. The minimum absolute atomic E-state index is 0.0180. The molecule has 2 aromatic rings. The van der Waals surface area contributed by atoms with E-state index in [2.05, 4.69) is 5.32 Å². The molecule has 24 heavy (non-hydrogen) atoms. The van der Waals surface area contributed by atoms with Crippen LogP contribution in [0, 0.1) is 5.92 Å². The Labute approximate surface area is 142 Å². The molecule has 2 N–H and O–H groups in total. The first-order valence-corrected chi connectivity index (χ1v) is 9.06. The first kappa shape index (κ1) is 15.6. The van der Waals surface area contributed by atoms with E-state index in [1.54, 1.807) is 0 Å². The number of nitrogens with zero attached hydrogens (tertiary/aromatic N) is 1. The molecule has 2 unspecified atom stereocenters. The number of hydrogen-bond donors (Lipinski definition) is 2. The number of hydrogen-bond acceptors (Lipinski definition) is 3. The first-order chi connectivity index (χ1) is 11.7. The predicted molar refractivity (Wildman–Crippen MR) is 94.0 cm³/mol. The van der Waals surface area contributed by atoms with Crippen LogP contribution >= 0.6 is 0 Å². The van der Waals surface area contributed by atoms with Crippen molar-refractivity contribution in [1.82, 2.24) is 10.3 Å². The Hall–Kier alpha value is -1.94. The Morgan fingerprint density at radius 3 is 2.83 bits per heavy atom.